The van der Waals surface area contributed by atoms with E-state index >= 15 is 0 Å². The van der Waals surface area contributed by atoms with Crippen molar-refractivity contribution in [2.45, 2.75) is 0 Å². The highest BCUT2D eigenvalue weighted by Crippen LogP contribution is 2.30. The van der Waals surface area contributed by atoms with Gasteiger partial charge in [0.15, 0.2) is 5.75 Å². The van der Waals surface area contributed by atoms with E-state index < -0.39 is 5.97 Å². The summed E-state index contributed by atoms with van der Waals surface area (Å²) in [5.74, 6) is -0.328. The maximum atomic E-state index is 11.6. The van der Waals surface area contributed by atoms with Gasteiger partial charge < -0.3 is 15.2 Å². The molecule has 6 nitrogen and oxygen atoms in total. The molecule has 1 heterocycles. The highest BCUT2D eigenvalue weighted by atomic mass is 16.5. The quantitative estimate of drug-likeness (QED) is 0.571. The fraction of sp³-hybridized carbons (Fsp3) is 0.0625. The average Bonchev–Trinajstić information content (AvgIpc) is 2.56. The number of fused-ring (bicyclic) bond motifs is 1. The summed E-state index contributed by atoms with van der Waals surface area (Å²) >= 11 is 0. The minimum Gasteiger partial charge on any atom is -0.505 e. The van der Waals surface area contributed by atoms with Crippen LogP contribution in [-0.4, -0.2) is 28.2 Å². The number of phenolic OH excluding ortho intramolecular Hbond substituents is 1. The third-order valence-electron chi connectivity index (χ3n) is 3.15. The SMILES string of the molecule is COC(=O)c1cccc(Nc2cnc3ccccc3n2)c1O. The number of para-hydroxylation sites is 3. The molecule has 0 aliphatic heterocycles. The predicted molar refractivity (Wildman–Crippen MR) is 82.3 cm³/mol. The first kappa shape index (κ1) is 13.8. The molecular formula is C16H13N3O3. The Balaban J connectivity index is 1.96. The highest BCUT2D eigenvalue weighted by molar-refractivity contribution is 5.95. The Morgan fingerprint density at radius 3 is 2.68 bits per heavy atom. The highest BCUT2D eigenvalue weighted by Gasteiger charge is 2.15. The number of methoxy groups -OCH3 is 1. The van der Waals surface area contributed by atoms with Gasteiger partial charge in [0.25, 0.3) is 0 Å². The number of hydrogen-bond acceptors (Lipinski definition) is 6. The molecule has 22 heavy (non-hydrogen) atoms. The molecule has 0 aliphatic rings. The molecule has 110 valence electrons. The van der Waals surface area contributed by atoms with Crippen molar-refractivity contribution in [1.29, 1.82) is 0 Å². The van der Waals surface area contributed by atoms with Crippen molar-refractivity contribution in [2.24, 2.45) is 0 Å². The summed E-state index contributed by atoms with van der Waals surface area (Å²) in [6.07, 6.45) is 1.56. The minimum atomic E-state index is -0.606. The van der Waals surface area contributed by atoms with E-state index in [2.05, 4.69) is 20.0 Å². The van der Waals surface area contributed by atoms with Crippen LogP contribution in [0.5, 0.6) is 5.75 Å². The van der Waals surface area contributed by atoms with Gasteiger partial charge >= 0.3 is 5.97 Å². The second kappa shape index (κ2) is 5.69. The number of aromatic nitrogens is 2. The number of hydrogen-bond donors (Lipinski definition) is 2. The largest absolute Gasteiger partial charge is 0.505 e. The van der Waals surface area contributed by atoms with Crippen molar-refractivity contribution in [3.63, 3.8) is 0 Å². The summed E-state index contributed by atoms with van der Waals surface area (Å²) in [7, 11) is 1.26. The Bertz CT molecular complexity index is 849. The summed E-state index contributed by atoms with van der Waals surface area (Å²) in [4.78, 5) is 20.3. The zero-order chi connectivity index (χ0) is 15.5. The van der Waals surface area contributed by atoms with Crippen molar-refractivity contribution in [3.05, 3.63) is 54.2 Å². The third-order valence-corrected chi connectivity index (χ3v) is 3.15. The van der Waals surface area contributed by atoms with Crippen molar-refractivity contribution < 1.29 is 14.6 Å². The molecule has 2 N–H and O–H groups in total. The lowest BCUT2D eigenvalue weighted by Crippen LogP contribution is -2.03. The number of phenols is 1. The second-order valence-corrected chi connectivity index (χ2v) is 4.56. The predicted octanol–water partition coefficient (Wildman–Crippen LogP) is 2.87. The lowest BCUT2D eigenvalue weighted by atomic mass is 10.1. The number of carbonyl (C=O) groups excluding carboxylic acids is 1. The molecular weight excluding hydrogens is 282 g/mol. The monoisotopic (exact) mass is 295 g/mol. The number of esters is 1. The molecule has 3 aromatic rings. The molecule has 6 heteroatoms. The van der Waals surface area contributed by atoms with Crippen LogP contribution in [0.2, 0.25) is 0 Å². The Morgan fingerprint density at radius 1 is 1.14 bits per heavy atom. The number of nitrogens with zero attached hydrogens (tertiary/aromatic N) is 2. The summed E-state index contributed by atoms with van der Waals surface area (Å²) in [5.41, 5.74) is 1.95. The standard InChI is InChI=1S/C16H13N3O3/c1-22-16(21)10-5-4-8-13(15(10)20)19-14-9-17-11-6-2-3-7-12(11)18-14/h2-9,20H,1H3,(H,18,19). The first-order valence-corrected chi connectivity index (χ1v) is 6.58. The second-order valence-electron chi connectivity index (χ2n) is 4.56. The molecule has 0 unspecified atom stereocenters. The average molecular weight is 295 g/mol. The molecule has 3 rings (SSSR count). The van der Waals surface area contributed by atoms with Gasteiger partial charge in [-0.3, -0.25) is 4.98 Å². The van der Waals surface area contributed by atoms with Crippen molar-refractivity contribution in [1.82, 2.24) is 9.97 Å². The summed E-state index contributed by atoms with van der Waals surface area (Å²) in [6.45, 7) is 0. The lowest BCUT2D eigenvalue weighted by Gasteiger charge is -2.10. The van der Waals surface area contributed by atoms with Gasteiger partial charge in [-0.1, -0.05) is 18.2 Å². The minimum absolute atomic E-state index is 0.0845. The van der Waals surface area contributed by atoms with Gasteiger partial charge in [-0.25, -0.2) is 9.78 Å². The fourth-order valence-corrected chi connectivity index (χ4v) is 2.07. The number of nitrogens with one attached hydrogen (secondary N) is 1. The Labute approximate surface area is 126 Å². The van der Waals surface area contributed by atoms with Gasteiger partial charge in [-0.15, -0.1) is 0 Å². The number of aromatic hydroxyl groups is 1. The van der Waals surface area contributed by atoms with E-state index in [1.54, 1.807) is 18.3 Å². The molecule has 0 radical (unpaired) electrons. The summed E-state index contributed by atoms with van der Waals surface area (Å²) in [5, 5.41) is 13.1. The molecule has 0 fully saturated rings. The molecule has 0 bridgehead atoms. The van der Waals surface area contributed by atoms with E-state index in [9.17, 15) is 9.90 Å². The van der Waals surface area contributed by atoms with Crippen molar-refractivity contribution in [2.75, 3.05) is 12.4 Å². The molecule has 0 amide bonds. The van der Waals surface area contributed by atoms with E-state index in [0.29, 0.717) is 11.5 Å². The van der Waals surface area contributed by atoms with Gasteiger partial charge in [-0.05, 0) is 24.3 Å². The van der Waals surface area contributed by atoms with Crippen LogP contribution in [0.3, 0.4) is 0 Å². The smallest absolute Gasteiger partial charge is 0.341 e. The van der Waals surface area contributed by atoms with Crippen LogP contribution in [0.25, 0.3) is 11.0 Å². The van der Waals surface area contributed by atoms with E-state index in [4.69, 9.17) is 0 Å². The molecule has 0 saturated carbocycles. The first-order chi connectivity index (χ1) is 10.7. The van der Waals surface area contributed by atoms with Gasteiger partial charge in [0.05, 0.1) is 30.0 Å². The van der Waals surface area contributed by atoms with Crippen LogP contribution < -0.4 is 5.32 Å². The lowest BCUT2D eigenvalue weighted by molar-refractivity contribution is 0.0597. The molecule has 0 atom stereocenters. The Kier molecular flexibility index (Phi) is 3.57. The topological polar surface area (TPSA) is 84.3 Å². The maximum absolute atomic E-state index is 11.6. The van der Waals surface area contributed by atoms with Crippen molar-refractivity contribution in [3.8, 4) is 5.75 Å². The molecule has 2 aromatic carbocycles. The number of ether oxygens (including phenoxy) is 1. The van der Waals surface area contributed by atoms with E-state index in [-0.39, 0.29) is 11.3 Å². The van der Waals surface area contributed by atoms with Crippen LogP contribution >= 0.6 is 0 Å². The summed E-state index contributed by atoms with van der Waals surface area (Å²) < 4.78 is 4.63. The van der Waals surface area contributed by atoms with Crippen LogP contribution in [0.4, 0.5) is 11.5 Å². The van der Waals surface area contributed by atoms with Crippen molar-refractivity contribution >= 4 is 28.5 Å². The first-order valence-electron chi connectivity index (χ1n) is 6.58. The number of benzene rings is 2. The zero-order valence-electron chi connectivity index (χ0n) is 11.8. The van der Waals surface area contributed by atoms with E-state index in [0.717, 1.165) is 11.0 Å². The van der Waals surface area contributed by atoms with Gasteiger partial charge in [0.1, 0.15) is 11.4 Å². The van der Waals surface area contributed by atoms with Gasteiger partial charge in [-0.2, -0.15) is 0 Å². The van der Waals surface area contributed by atoms with Crippen LogP contribution in [0.15, 0.2) is 48.7 Å². The Morgan fingerprint density at radius 2 is 1.91 bits per heavy atom. The molecule has 0 spiro atoms. The molecule has 0 saturated heterocycles. The Hall–Kier alpha value is -3.15. The van der Waals surface area contributed by atoms with Gasteiger partial charge in [0, 0.05) is 0 Å². The zero-order valence-corrected chi connectivity index (χ0v) is 11.8. The van der Waals surface area contributed by atoms with Crippen LogP contribution in [0.1, 0.15) is 10.4 Å². The maximum Gasteiger partial charge on any atom is 0.341 e. The van der Waals surface area contributed by atoms with E-state index in [1.165, 1.54) is 13.2 Å². The third kappa shape index (κ3) is 2.54. The normalized spacial score (nSPS) is 10.4. The van der Waals surface area contributed by atoms with Crippen LogP contribution in [0, 0.1) is 0 Å². The fourth-order valence-electron chi connectivity index (χ4n) is 2.07. The van der Waals surface area contributed by atoms with E-state index in [1.807, 2.05) is 24.3 Å². The summed E-state index contributed by atoms with van der Waals surface area (Å²) in [6, 6.07) is 12.2. The molecule has 0 aliphatic carbocycles. The number of anilines is 2. The van der Waals surface area contributed by atoms with Gasteiger partial charge in [0.2, 0.25) is 0 Å². The number of rotatable bonds is 3. The number of carbonyl (C=O) groups is 1. The molecule has 1 aromatic heterocycles. The van der Waals surface area contributed by atoms with Crippen LogP contribution in [-0.2, 0) is 4.74 Å².